The van der Waals surface area contributed by atoms with Gasteiger partial charge in [-0.05, 0) is 12.3 Å². The lowest BCUT2D eigenvalue weighted by Gasteiger charge is -2.10. The van der Waals surface area contributed by atoms with Crippen molar-refractivity contribution in [3.63, 3.8) is 0 Å². The van der Waals surface area contributed by atoms with Crippen molar-refractivity contribution in [2.24, 2.45) is 5.92 Å². The Bertz CT molecular complexity index is 124. The Morgan fingerprint density at radius 2 is 1.53 bits per heavy atom. The summed E-state index contributed by atoms with van der Waals surface area (Å²) < 4.78 is 0. The van der Waals surface area contributed by atoms with E-state index in [1.54, 1.807) is 0 Å². The Morgan fingerprint density at radius 1 is 1.13 bits per heavy atom. The Balaban J connectivity index is -0.000000208. The molecule has 1 saturated heterocycles. The van der Waals surface area contributed by atoms with Gasteiger partial charge in [0, 0.05) is 12.5 Å². The van der Waals surface area contributed by atoms with Gasteiger partial charge in [0.15, 0.2) is 0 Å². The molecule has 2 atom stereocenters. The highest BCUT2D eigenvalue weighted by atomic mass is 16.1. The highest BCUT2D eigenvalue weighted by Gasteiger charge is 2.26. The third-order valence-corrected chi connectivity index (χ3v) is 1.98. The molecule has 0 bridgehead atoms. The fourth-order valence-electron chi connectivity index (χ4n) is 1.35. The van der Waals surface area contributed by atoms with Gasteiger partial charge in [-0.2, -0.15) is 0 Å². The second-order valence-electron chi connectivity index (χ2n) is 2.76. The number of amides is 1. The average molecular weight is 217 g/mol. The van der Waals surface area contributed by atoms with Crippen LogP contribution in [0.25, 0.3) is 0 Å². The van der Waals surface area contributed by atoms with Gasteiger partial charge >= 0.3 is 0 Å². The van der Waals surface area contributed by atoms with E-state index >= 15 is 0 Å². The van der Waals surface area contributed by atoms with Crippen LogP contribution in [0.1, 0.15) is 68.2 Å². The van der Waals surface area contributed by atoms with Crippen molar-refractivity contribution in [2.45, 2.75) is 74.3 Å². The van der Waals surface area contributed by atoms with Crippen LogP contribution in [0.4, 0.5) is 0 Å². The minimum Gasteiger partial charge on any atom is -0.353 e. The monoisotopic (exact) mass is 217 g/mol. The molecule has 1 amide bonds. The SMILES string of the molecule is CC.CC.CC.CCC1NC(=O)CC1C. The smallest absolute Gasteiger partial charge is 0.220 e. The molecule has 0 aromatic rings. The zero-order chi connectivity index (χ0) is 12.9. The van der Waals surface area contributed by atoms with Gasteiger partial charge < -0.3 is 5.32 Å². The number of hydrogen-bond donors (Lipinski definition) is 1. The van der Waals surface area contributed by atoms with Crippen LogP contribution >= 0.6 is 0 Å². The minimum absolute atomic E-state index is 0.217. The summed E-state index contributed by atoms with van der Waals surface area (Å²) in [6.07, 6.45) is 1.78. The largest absolute Gasteiger partial charge is 0.353 e. The van der Waals surface area contributed by atoms with E-state index in [2.05, 4.69) is 19.2 Å². The molecule has 0 aromatic heterocycles. The summed E-state index contributed by atoms with van der Waals surface area (Å²) in [6, 6.07) is 0.442. The Morgan fingerprint density at radius 3 is 1.67 bits per heavy atom. The third-order valence-electron chi connectivity index (χ3n) is 1.98. The molecule has 2 nitrogen and oxygen atoms in total. The Hall–Kier alpha value is -0.530. The average Bonchev–Trinajstić information content (AvgIpc) is 2.65. The van der Waals surface area contributed by atoms with E-state index < -0.39 is 0 Å². The van der Waals surface area contributed by atoms with Crippen LogP contribution < -0.4 is 5.32 Å². The summed E-state index contributed by atoms with van der Waals surface area (Å²) in [5.41, 5.74) is 0. The second-order valence-corrected chi connectivity index (χ2v) is 2.76. The first kappa shape index (κ1) is 20.0. The number of hydrogen-bond acceptors (Lipinski definition) is 1. The van der Waals surface area contributed by atoms with Crippen LogP contribution in [0.15, 0.2) is 0 Å². The summed E-state index contributed by atoms with van der Waals surface area (Å²) in [5.74, 6) is 0.761. The van der Waals surface area contributed by atoms with Crippen molar-refractivity contribution in [2.75, 3.05) is 0 Å². The van der Waals surface area contributed by atoms with Crippen molar-refractivity contribution in [3.05, 3.63) is 0 Å². The molecule has 1 fully saturated rings. The van der Waals surface area contributed by atoms with E-state index in [1.165, 1.54) is 0 Å². The molecule has 1 N–H and O–H groups in total. The van der Waals surface area contributed by atoms with Crippen LogP contribution in [0.3, 0.4) is 0 Å². The summed E-state index contributed by atoms with van der Waals surface area (Å²) in [5, 5.41) is 2.91. The van der Waals surface area contributed by atoms with Crippen molar-refractivity contribution < 1.29 is 4.79 Å². The number of carbonyl (C=O) groups is 1. The molecule has 15 heavy (non-hydrogen) atoms. The minimum atomic E-state index is 0.217. The van der Waals surface area contributed by atoms with Gasteiger partial charge in [0.1, 0.15) is 0 Å². The molecule has 0 aliphatic carbocycles. The molecule has 0 radical (unpaired) electrons. The van der Waals surface area contributed by atoms with Gasteiger partial charge in [0.05, 0.1) is 0 Å². The summed E-state index contributed by atoms with van der Waals surface area (Å²) >= 11 is 0. The molecule has 94 valence electrons. The molecule has 0 aromatic carbocycles. The first-order chi connectivity index (χ1) is 7.24. The van der Waals surface area contributed by atoms with E-state index in [-0.39, 0.29) is 5.91 Å². The molecule has 2 unspecified atom stereocenters. The maximum absolute atomic E-state index is 10.7. The van der Waals surface area contributed by atoms with E-state index in [9.17, 15) is 4.79 Å². The standard InChI is InChI=1S/C7H13NO.3C2H6/c1-3-6-5(2)4-7(9)8-6;3*1-2/h5-6H,3-4H2,1-2H3,(H,8,9);3*1-2H3. The van der Waals surface area contributed by atoms with Gasteiger partial charge in [0.2, 0.25) is 5.91 Å². The Kier molecular flexibility index (Phi) is 21.2. The third kappa shape index (κ3) is 9.77. The summed E-state index contributed by atoms with van der Waals surface area (Å²) in [7, 11) is 0. The van der Waals surface area contributed by atoms with Crippen molar-refractivity contribution in [3.8, 4) is 0 Å². The fourth-order valence-corrected chi connectivity index (χ4v) is 1.35. The molecule has 0 saturated carbocycles. The molecule has 1 aliphatic rings. The van der Waals surface area contributed by atoms with E-state index in [0.29, 0.717) is 12.0 Å². The topological polar surface area (TPSA) is 29.1 Å². The first-order valence-corrected chi connectivity index (χ1v) is 6.53. The lowest BCUT2D eigenvalue weighted by molar-refractivity contribution is -0.119. The highest BCUT2D eigenvalue weighted by molar-refractivity contribution is 5.78. The van der Waals surface area contributed by atoms with Gasteiger partial charge in [0.25, 0.3) is 0 Å². The molecular formula is C13H31NO. The van der Waals surface area contributed by atoms with Crippen LogP contribution in [0.2, 0.25) is 0 Å². The molecule has 2 heteroatoms. The summed E-state index contributed by atoms with van der Waals surface area (Å²) in [4.78, 5) is 10.7. The quantitative estimate of drug-likeness (QED) is 0.706. The molecule has 1 rings (SSSR count). The molecular weight excluding hydrogens is 186 g/mol. The van der Waals surface area contributed by atoms with Gasteiger partial charge in [-0.25, -0.2) is 0 Å². The molecule has 0 spiro atoms. The van der Waals surface area contributed by atoms with Crippen molar-refractivity contribution in [1.82, 2.24) is 5.32 Å². The van der Waals surface area contributed by atoms with Crippen LogP contribution in [0.5, 0.6) is 0 Å². The zero-order valence-electron chi connectivity index (χ0n) is 12.0. The van der Waals surface area contributed by atoms with E-state index in [1.807, 2.05) is 41.5 Å². The van der Waals surface area contributed by atoms with Crippen LogP contribution in [-0.2, 0) is 4.79 Å². The first-order valence-electron chi connectivity index (χ1n) is 6.53. The molecule has 1 heterocycles. The Labute approximate surface area is 96.8 Å². The lowest BCUT2D eigenvalue weighted by atomic mass is 10.0. The maximum Gasteiger partial charge on any atom is 0.220 e. The van der Waals surface area contributed by atoms with E-state index in [4.69, 9.17) is 0 Å². The maximum atomic E-state index is 10.7. The second kappa shape index (κ2) is 15.9. The number of carbonyl (C=O) groups excluding carboxylic acids is 1. The summed E-state index contributed by atoms with van der Waals surface area (Å²) in [6.45, 7) is 16.2. The zero-order valence-corrected chi connectivity index (χ0v) is 12.0. The van der Waals surface area contributed by atoms with Crippen LogP contribution in [0, 0.1) is 5.92 Å². The number of nitrogens with one attached hydrogen (secondary N) is 1. The van der Waals surface area contributed by atoms with Gasteiger partial charge in [-0.15, -0.1) is 0 Å². The van der Waals surface area contributed by atoms with E-state index in [0.717, 1.165) is 12.8 Å². The van der Waals surface area contributed by atoms with Crippen LogP contribution in [-0.4, -0.2) is 11.9 Å². The lowest BCUT2D eigenvalue weighted by Crippen LogP contribution is -2.26. The van der Waals surface area contributed by atoms with Gasteiger partial charge in [-0.3, -0.25) is 4.79 Å². The highest BCUT2D eigenvalue weighted by Crippen LogP contribution is 2.17. The predicted octanol–water partition coefficient (Wildman–Crippen LogP) is 4.00. The predicted molar refractivity (Wildman–Crippen MR) is 70.0 cm³/mol. The van der Waals surface area contributed by atoms with Crippen molar-refractivity contribution >= 4 is 5.91 Å². The normalized spacial score (nSPS) is 22.0. The number of rotatable bonds is 1. The fraction of sp³-hybridized carbons (Fsp3) is 0.923. The van der Waals surface area contributed by atoms with Gasteiger partial charge in [-0.1, -0.05) is 55.4 Å². The molecule has 1 aliphatic heterocycles. The van der Waals surface area contributed by atoms with Crippen molar-refractivity contribution in [1.29, 1.82) is 0 Å².